The van der Waals surface area contributed by atoms with E-state index in [1.807, 2.05) is 38.1 Å². The van der Waals surface area contributed by atoms with Crippen molar-refractivity contribution in [2.24, 2.45) is 0 Å². The minimum atomic E-state index is -0.356. The smallest absolute Gasteiger partial charge is 0.227 e. The Kier molecular flexibility index (Phi) is 2.54. The lowest BCUT2D eigenvalue weighted by Crippen LogP contribution is -2.45. The summed E-state index contributed by atoms with van der Waals surface area (Å²) in [5, 5.41) is 2.35. The fraction of sp³-hybridized carbons (Fsp3) is 0.385. The number of carbonyl (C=O) groups excluding carboxylic acids is 2. The van der Waals surface area contributed by atoms with Gasteiger partial charge in [-0.1, -0.05) is 31.2 Å². The molecule has 0 spiro atoms. The van der Waals surface area contributed by atoms with E-state index in [2.05, 4.69) is 5.32 Å². The van der Waals surface area contributed by atoms with E-state index in [0.29, 0.717) is 12.8 Å². The number of hydrogen-bond donors (Lipinski definition) is 1. The Morgan fingerprint density at radius 2 is 1.69 bits per heavy atom. The predicted molar refractivity (Wildman–Crippen MR) is 60.9 cm³/mol. The average Bonchev–Trinajstić information content (AvgIpc) is 2.15. The molecule has 3 nitrogen and oxygen atoms in total. The van der Waals surface area contributed by atoms with Gasteiger partial charge >= 0.3 is 0 Å². The molecule has 0 bridgehead atoms. The lowest BCUT2D eigenvalue weighted by molar-refractivity contribution is -0.135. The molecule has 2 rings (SSSR count). The average molecular weight is 217 g/mol. The van der Waals surface area contributed by atoms with E-state index < -0.39 is 0 Å². The van der Waals surface area contributed by atoms with Crippen molar-refractivity contribution in [3.63, 3.8) is 0 Å². The second-order valence-corrected chi connectivity index (χ2v) is 4.70. The molecular weight excluding hydrogens is 202 g/mol. The van der Waals surface area contributed by atoms with Crippen molar-refractivity contribution in [2.75, 3.05) is 0 Å². The number of hydrogen-bond acceptors (Lipinski definition) is 2. The third-order valence-corrected chi connectivity index (χ3v) is 3.18. The van der Waals surface area contributed by atoms with Crippen LogP contribution in [0.15, 0.2) is 24.3 Å². The van der Waals surface area contributed by atoms with Gasteiger partial charge in [0.2, 0.25) is 11.8 Å². The molecule has 1 fully saturated rings. The SMILES string of the molecule is Cc1ccccc1C1(C)CC(=O)NC(=O)C1. The number of rotatable bonds is 1. The second-order valence-electron chi connectivity index (χ2n) is 4.70. The van der Waals surface area contributed by atoms with Crippen molar-refractivity contribution < 1.29 is 9.59 Å². The van der Waals surface area contributed by atoms with Crippen molar-refractivity contribution in [3.05, 3.63) is 35.4 Å². The molecule has 1 heterocycles. The molecule has 1 saturated heterocycles. The Hall–Kier alpha value is -1.64. The number of nitrogens with one attached hydrogen (secondary N) is 1. The number of benzene rings is 1. The van der Waals surface area contributed by atoms with E-state index in [1.54, 1.807) is 0 Å². The van der Waals surface area contributed by atoms with E-state index in [-0.39, 0.29) is 17.2 Å². The van der Waals surface area contributed by atoms with Crippen molar-refractivity contribution in [1.29, 1.82) is 0 Å². The van der Waals surface area contributed by atoms with Crippen molar-refractivity contribution in [1.82, 2.24) is 5.32 Å². The third kappa shape index (κ3) is 1.85. The van der Waals surface area contributed by atoms with Gasteiger partial charge in [-0.15, -0.1) is 0 Å². The summed E-state index contributed by atoms with van der Waals surface area (Å²) in [4.78, 5) is 22.9. The molecule has 0 radical (unpaired) electrons. The van der Waals surface area contributed by atoms with Gasteiger partial charge in [-0.2, -0.15) is 0 Å². The maximum absolute atomic E-state index is 11.4. The van der Waals surface area contributed by atoms with Crippen LogP contribution in [0.3, 0.4) is 0 Å². The molecule has 0 unspecified atom stereocenters. The summed E-state index contributed by atoms with van der Waals surface area (Å²) in [6.07, 6.45) is 0.757. The van der Waals surface area contributed by atoms with Crippen LogP contribution in [0, 0.1) is 6.92 Å². The molecule has 2 amide bonds. The molecule has 16 heavy (non-hydrogen) atoms. The van der Waals surface area contributed by atoms with Crippen LogP contribution in [0.25, 0.3) is 0 Å². The van der Waals surface area contributed by atoms with Gasteiger partial charge in [0.25, 0.3) is 0 Å². The van der Waals surface area contributed by atoms with Gasteiger partial charge in [-0.05, 0) is 18.1 Å². The summed E-state index contributed by atoms with van der Waals surface area (Å²) in [5.74, 6) is -0.357. The first-order valence-electron chi connectivity index (χ1n) is 5.40. The largest absolute Gasteiger partial charge is 0.296 e. The minimum absolute atomic E-state index is 0.179. The van der Waals surface area contributed by atoms with Gasteiger partial charge in [-0.25, -0.2) is 0 Å². The Morgan fingerprint density at radius 1 is 1.12 bits per heavy atom. The van der Waals surface area contributed by atoms with Crippen LogP contribution in [0.5, 0.6) is 0 Å². The predicted octanol–water partition coefficient (Wildman–Crippen LogP) is 1.69. The van der Waals surface area contributed by atoms with Crippen molar-refractivity contribution >= 4 is 11.8 Å². The van der Waals surface area contributed by atoms with Crippen molar-refractivity contribution in [2.45, 2.75) is 32.1 Å². The number of imide groups is 1. The van der Waals surface area contributed by atoms with E-state index in [9.17, 15) is 9.59 Å². The quantitative estimate of drug-likeness (QED) is 0.727. The molecule has 3 heteroatoms. The zero-order valence-electron chi connectivity index (χ0n) is 9.54. The zero-order valence-corrected chi connectivity index (χ0v) is 9.54. The van der Waals surface area contributed by atoms with Crippen LogP contribution in [0.1, 0.15) is 30.9 Å². The molecule has 1 N–H and O–H groups in total. The molecule has 1 aromatic rings. The molecule has 1 aliphatic rings. The lowest BCUT2D eigenvalue weighted by atomic mass is 9.73. The van der Waals surface area contributed by atoms with Gasteiger partial charge < -0.3 is 0 Å². The summed E-state index contributed by atoms with van der Waals surface area (Å²) in [6.45, 7) is 3.99. The van der Waals surface area contributed by atoms with Crippen LogP contribution >= 0.6 is 0 Å². The Labute approximate surface area is 94.9 Å². The second kappa shape index (κ2) is 3.74. The summed E-state index contributed by atoms with van der Waals surface area (Å²) in [7, 11) is 0. The van der Waals surface area contributed by atoms with Gasteiger partial charge in [0.15, 0.2) is 0 Å². The summed E-state index contributed by atoms with van der Waals surface area (Å²) >= 11 is 0. The number of amides is 2. The topological polar surface area (TPSA) is 46.2 Å². The van der Waals surface area contributed by atoms with Crippen LogP contribution in [0.2, 0.25) is 0 Å². The number of piperidine rings is 1. The zero-order chi connectivity index (χ0) is 11.8. The highest BCUT2D eigenvalue weighted by molar-refractivity contribution is 5.99. The van der Waals surface area contributed by atoms with Gasteiger partial charge in [0.05, 0.1) is 0 Å². The maximum atomic E-state index is 11.4. The first-order chi connectivity index (χ1) is 7.51. The Morgan fingerprint density at radius 3 is 2.25 bits per heavy atom. The van der Waals surface area contributed by atoms with Crippen LogP contribution in [-0.4, -0.2) is 11.8 Å². The van der Waals surface area contributed by atoms with Crippen LogP contribution < -0.4 is 5.32 Å². The van der Waals surface area contributed by atoms with Gasteiger partial charge in [0.1, 0.15) is 0 Å². The lowest BCUT2D eigenvalue weighted by Gasteiger charge is -2.33. The van der Waals surface area contributed by atoms with Crippen molar-refractivity contribution in [3.8, 4) is 0 Å². The summed E-state index contributed by atoms with van der Waals surface area (Å²) < 4.78 is 0. The fourth-order valence-electron chi connectivity index (χ4n) is 2.46. The highest BCUT2D eigenvalue weighted by Crippen LogP contribution is 2.35. The van der Waals surface area contributed by atoms with Gasteiger partial charge in [-0.3, -0.25) is 14.9 Å². The molecule has 0 aromatic heterocycles. The molecule has 0 aliphatic carbocycles. The molecule has 1 aromatic carbocycles. The van der Waals surface area contributed by atoms with Crippen LogP contribution in [0.4, 0.5) is 0 Å². The number of aryl methyl sites for hydroxylation is 1. The van der Waals surface area contributed by atoms with E-state index in [4.69, 9.17) is 0 Å². The standard InChI is InChI=1S/C13H15NO2/c1-9-5-3-4-6-10(9)13(2)7-11(15)14-12(16)8-13/h3-6H,7-8H2,1-2H3,(H,14,15,16). The van der Waals surface area contributed by atoms with E-state index in [0.717, 1.165) is 11.1 Å². The Bertz CT molecular complexity index is 435. The maximum Gasteiger partial charge on any atom is 0.227 e. The Balaban J connectivity index is 2.42. The molecule has 0 atom stereocenters. The van der Waals surface area contributed by atoms with E-state index >= 15 is 0 Å². The summed E-state index contributed by atoms with van der Waals surface area (Å²) in [5.41, 5.74) is 1.87. The molecule has 0 saturated carbocycles. The molecular formula is C13H15NO2. The normalized spacial score (nSPS) is 19.4. The van der Waals surface area contributed by atoms with E-state index in [1.165, 1.54) is 0 Å². The fourth-order valence-corrected chi connectivity index (χ4v) is 2.46. The molecule has 84 valence electrons. The highest BCUT2D eigenvalue weighted by Gasteiger charge is 2.37. The molecule has 1 aliphatic heterocycles. The van der Waals surface area contributed by atoms with Crippen LogP contribution in [-0.2, 0) is 15.0 Å². The summed E-state index contributed by atoms with van der Waals surface area (Å²) in [6, 6.07) is 7.93. The third-order valence-electron chi connectivity index (χ3n) is 3.18. The van der Waals surface area contributed by atoms with Gasteiger partial charge in [0, 0.05) is 18.3 Å². The highest BCUT2D eigenvalue weighted by atomic mass is 16.2. The first kappa shape index (κ1) is 10.9. The number of carbonyl (C=O) groups is 2. The monoisotopic (exact) mass is 217 g/mol. The first-order valence-corrected chi connectivity index (χ1v) is 5.40. The minimum Gasteiger partial charge on any atom is -0.296 e.